The fourth-order valence-electron chi connectivity index (χ4n) is 2.23. The monoisotopic (exact) mass is 274 g/mol. The second kappa shape index (κ2) is 5.27. The van der Waals surface area contributed by atoms with Crippen molar-refractivity contribution in [3.63, 3.8) is 0 Å². The molecule has 0 spiro atoms. The zero-order valence-corrected chi connectivity index (χ0v) is 11.5. The smallest absolute Gasteiger partial charge is 0.159 e. The number of methoxy groups -OCH3 is 1. The number of aromatic nitrogens is 2. The third-order valence-corrected chi connectivity index (χ3v) is 3.53. The summed E-state index contributed by atoms with van der Waals surface area (Å²) in [7, 11) is 1.70. The van der Waals surface area contributed by atoms with Crippen LogP contribution in [0.15, 0.2) is 36.4 Å². The molecule has 0 radical (unpaired) electrons. The molecule has 1 aromatic carbocycles. The van der Waals surface area contributed by atoms with E-state index in [-0.39, 0.29) is 6.10 Å². The van der Waals surface area contributed by atoms with Gasteiger partial charge in [0.15, 0.2) is 5.82 Å². The fraction of sp³-hybridized carbons (Fsp3) is 0.333. The molecule has 1 fully saturated rings. The van der Waals surface area contributed by atoms with Crippen LogP contribution in [-0.2, 0) is 4.74 Å². The number of ether oxygens (including phenoxy) is 1. The van der Waals surface area contributed by atoms with Gasteiger partial charge in [-0.3, -0.25) is 0 Å². The first-order chi connectivity index (χ1) is 9.28. The average Bonchev–Trinajstić information content (AvgIpc) is 3.25. The highest BCUT2D eigenvalue weighted by molar-refractivity contribution is 6.29. The maximum Gasteiger partial charge on any atom is 0.159 e. The molecular weight excluding hydrogens is 260 g/mol. The Hall–Kier alpha value is -1.45. The molecule has 1 atom stereocenters. The van der Waals surface area contributed by atoms with Crippen LogP contribution in [0.5, 0.6) is 0 Å². The molecule has 4 heteroatoms. The number of rotatable bonds is 4. The summed E-state index contributed by atoms with van der Waals surface area (Å²) in [6.07, 6.45) is 2.31. The SMILES string of the molecule is COC(c1nc(Cl)cc(-c2ccccc2)n1)C1CC1. The van der Waals surface area contributed by atoms with Gasteiger partial charge in [-0.25, -0.2) is 9.97 Å². The van der Waals surface area contributed by atoms with Gasteiger partial charge in [0.25, 0.3) is 0 Å². The molecule has 0 N–H and O–H groups in total. The molecule has 1 aromatic heterocycles. The second-order valence-corrected chi connectivity index (χ2v) is 5.18. The molecule has 0 bridgehead atoms. The Morgan fingerprint density at radius 3 is 2.58 bits per heavy atom. The molecule has 1 heterocycles. The van der Waals surface area contributed by atoms with Crippen LogP contribution in [0.25, 0.3) is 11.3 Å². The van der Waals surface area contributed by atoms with Gasteiger partial charge in [-0.05, 0) is 18.8 Å². The summed E-state index contributed by atoms with van der Waals surface area (Å²) in [6.45, 7) is 0. The summed E-state index contributed by atoms with van der Waals surface area (Å²) >= 11 is 6.12. The molecule has 1 unspecified atom stereocenters. The van der Waals surface area contributed by atoms with Gasteiger partial charge < -0.3 is 4.74 Å². The van der Waals surface area contributed by atoms with Crippen molar-refractivity contribution in [1.29, 1.82) is 0 Å². The summed E-state index contributed by atoms with van der Waals surface area (Å²) in [5.74, 6) is 1.23. The Kier molecular flexibility index (Phi) is 3.49. The van der Waals surface area contributed by atoms with Crippen molar-refractivity contribution in [2.45, 2.75) is 18.9 Å². The Bertz CT molecular complexity index is 570. The topological polar surface area (TPSA) is 35.0 Å². The van der Waals surface area contributed by atoms with Crippen LogP contribution in [0, 0.1) is 5.92 Å². The van der Waals surface area contributed by atoms with Crippen molar-refractivity contribution in [2.75, 3.05) is 7.11 Å². The molecule has 3 nitrogen and oxygen atoms in total. The van der Waals surface area contributed by atoms with Crippen LogP contribution < -0.4 is 0 Å². The lowest BCUT2D eigenvalue weighted by molar-refractivity contribution is 0.0773. The first-order valence-corrected chi connectivity index (χ1v) is 6.78. The minimum Gasteiger partial charge on any atom is -0.373 e. The van der Waals surface area contributed by atoms with Crippen LogP contribution in [0.3, 0.4) is 0 Å². The van der Waals surface area contributed by atoms with Crippen molar-refractivity contribution in [2.24, 2.45) is 5.92 Å². The van der Waals surface area contributed by atoms with Gasteiger partial charge in [-0.1, -0.05) is 41.9 Å². The molecule has 98 valence electrons. The number of nitrogens with zero attached hydrogens (tertiary/aromatic N) is 2. The normalized spacial score (nSPS) is 16.3. The zero-order valence-electron chi connectivity index (χ0n) is 10.7. The molecule has 0 aliphatic heterocycles. The van der Waals surface area contributed by atoms with Gasteiger partial charge >= 0.3 is 0 Å². The van der Waals surface area contributed by atoms with E-state index in [1.54, 1.807) is 13.2 Å². The summed E-state index contributed by atoms with van der Waals surface area (Å²) in [5.41, 5.74) is 1.89. The van der Waals surface area contributed by atoms with Gasteiger partial charge in [0.05, 0.1) is 5.69 Å². The molecule has 1 aliphatic rings. The summed E-state index contributed by atoms with van der Waals surface area (Å²) in [5, 5.41) is 0.464. The number of halogens is 1. The third kappa shape index (κ3) is 2.77. The first kappa shape index (κ1) is 12.6. The lowest BCUT2D eigenvalue weighted by atomic mass is 10.1. The number of hydrogen-bond acceptors (Lipinski definition) is 3. The largest absolute Gasteiger partial charge is 0.373 e. The zero-order chi connectivity index (χ0) is 13.2. The highest BCUT2D eigenvalue weighted by atomic mass is 35.5. The Labute approximate surface area is 117 Å². The van der Waals surface area contributed by atoms with E-state index in [0.717, 1.165) is 11.3 Å². The molecule has 0 saturated heterocycles. The van der Waals surface area contributed by atoms with Crippen molar-refractivity contribution in [3.8, 4) is 11.3 Å². The number of hydrogen-bond donors (Lipinski definition) is 0. The first-order valence-electron chi connectivity index (χ1n) is 6.40. The molecule has 0 amide bonds. The predicted molar refractivity (Wildman–Crippen MR) is 75.0 cm³/mol. The van der Waals surface area contributed by atoms with Gasteiger partial charge in [0.1, 0.15) is 11.3 Å². The Morgan fingerprint density at radius 2 is 1.95 bits per heavy atom. The Morgan fingerprint density at radius 1 is 1.21 bits per heavy atom. The quantitative estimate of drug-likeness (QED) is 0.793. The fourth-order valence-corrected chi connectivity index (χ4v) is 2.42. The maximum atomic E-state index is 6.12. The third-order valence-electron chi connectivity index (χ3n) is 3.34. The van der Waals surface area contributed by atoms with Gasteiger partial charge in [-0.15, -0.1) is 0 Å². The summed E-state index contributed by atoms with van der Waals surface area (Å²) in [4.78, 5) is 8.94. The van der Waals surface area contributed by atoms with Crippen LogP contribution >= 0.6 is 11.6 Å². The van der Waals surface area contributed by atoms with Crippen molar-refractivity contribution < 1.29 is 4.74 Å². The minimum atomic E-state index is -0.0406. The lowest BCUT2D eigenvalue weighted by Gasteiger charge is -2.14. The van der Waals surface area contributed by atoms with E-state index in [0.29, 0.717) is 16.9 Å². The van der Waals surface area contributed by atoms with E-state index in [9.17, 15) is 0 Å². The molecule has 3 rings (SSSR count). The molecule has 2 aromatic rings. The van der Waals surface area contributed by atoms with Crippen molar-refractivity contribution in [1.82, 2.24) is 9.97 Å². The van der Waals surface area contributed by atoms with Gasteiger partial charge in [-0.2, -0.15) is 0 Å². The average molecular weight is 275 g/mol. The van der Waals surface area contributed by atoms with Crippen LogP contribution in [-0.4, -0.2) is 17.1 Å². The predicted octanol–water partition coefficient (Wildman–Crippen LogP) is 3.89. The van der Waals surface area contributed by atoms with Crippen LogP contribution in [0.2, 0.25) is 5.15 Å². The molecular formula is C15H15ClN2O. The number of benzene rings is 1. The minimum absolute atomic E-state index is 0.0406. The standard InChI is InChI=1S/C15H15ClN2O/c1-19-14(11-7-8-11)15-17-12(9-13(16)18-15)10-5-3-2-4-6-10/h2-6,9,11,14H,7-8H2,1H3. The highest BCUT2D eigenvalue weighted by Crippen LogP contribution is 2.42. The van der Waals surface area contributed by atoms with E-state index in [1.807, 2.05) is 30.3 Å². The van der Waals surface area contributed by atoms with E-state index in [4.69, 9.17) is 16.3 Å². The highest BCUT2D eigenvalue weighted by Gasteiger charge is 2.34. The van der Waals surface area contributed by atoms with E-state index < -0.39 is 0 Å². The van der Waals surface area contributed by atoms with Crippen molar-refractivity contribution >= 4 is 11.6 Å². The van der Waals surface area contributed by atoms with Gasteiger partial charge in [0.2, 0.25) is 0 Å². The summed E-state index contributed by atoms with van der Waals surface area (Å²) < 4.78 is 5.52. The van der Waals surface area contributed by atoms with E-state index in [1.165, 1.54) is 12.8 Å². The molecule has 1 saturated carbocycles. The van der Waals surface area contributed by atoms with E-state index in [2.05, 4.69) is 9.97 Å². The van der Waals surface area contributed by atoms with E-state index >= 15 is 0 Å². The maximum absolute atomic E-state index is 6.12. The molecule has 19 heavy (non-hydrogen) atoms. The van der Waals surface area contributed by atoms with Gasteiger partial charge in [0, 0.05) is 18.7 Å². The summed E-state index contributed by atoms with van der Waals surface area (Å²) in [6, 6.07) is 11.8. The van der Waals surface area contributed by atoms with Crippen molar-refractivity contribution in [3.05, 3.63) is 47.4 Å². The second-order valence-electron chi connectivity index (χ2n) is 4.79. The molecule has 1 aliphatic carbocycles. The van der Waals surface area contributed by atoms with Crippen LogP contribution in [0.1, 0.15) is 24.8 Å². The Balaban J connectivity index is 2.00. The van der Waals surface area contributed by atoms with Crippen LogP contribution in [0.4, 0.5) is 0 Å². The lowest BCUT2D eigenvalue weighted by Crippen LogP contribution is -2.09.